The molecule has 0 amide bonds. The Morgan fingerprint density at radius 1 is 1.27 bits per heavy atom. The minimum absolute atomic E-state index is 0.603. The van der Waals surface area contributed by atoms with E-state index < -0.39 is 0 Å². The zero-order chi connectivity index (χ0) is 15.4. The molecule has 1 aromatic heterocycles. The lowest BCUT2D eigenvalue weighted by Gasteiger charge is -2.26. The maximum atomic E-state index is 5.97. The molecule has 5 nitrogen and oxygen atoms in total. The molecular formula is C17H21N3O2. The van der Waals surface area contributed by atoms with Gasteiger partial charge in [-0.05, 0) is 17.7 Å². The first-order valence-electron chi connectivity index (χ1n) is 7.46. The van der Waals surface area contributed by atoms with E-state index in [9.17, 15) is 0 Å². The lowest BCUT2D eigenvalue weighted by Crippen LogP contribution is -2.35. The molecule has 2 heterocycles. The van der Waals surface area contributed by atoms with Crippen molar-refractivity contribution < 1.29 is 9.47 Å². The highest BCUT2D eigenvalue weighted by atomic mass is 16.5. The molecule has 0 saturated carbocycles. The van der Waals surface area contributed by atoms with Gasteiger partial charge in [0.2, 0.25) is 0 Å². The van der Waals surface area contributed by atoms with Crippen LogP contribution in [0, 0.1) is 0 Å². The largest absolute Gasteiger partial charge is 0.492 e. The highest BCUT2D eigenvalue weighted by Gasteiger charge is 2.13. The van der Waals surface area contributed by atoms with Crippen LogP contribution in [0.1, 0.15) is 5.56 Å². The zero-order valence-corrected chi connectivity index (χ0v) is 12.8. The van der Waals surface area contributed by atoms with E-state index in [1.54, 1.807) is 19.4 Å². The standard InChI is InChI=1S/C17H21N3O2/c1-21-17-15(18)5-6-19-16(17)14-4-2-3-13(11-14)12-20-7-9-22-10-8-20/h2-6,11H,7-10,12H2,1H3,(H2,18,19). The molecule has 0 radical (unpaired) electrons. The molecule has 22 heavy (non-hydrogen) atoms. The van der Waals surface area contributed by atoms with Crippen LogP contribution < -0.4 is 10.5 Å². The number of hydrogen-bond donors (Lipinski definition) is 1. The van der Waals surface area contributed by atoms with Crippen molar-refractivity contribution in [3.05, 3.63) is 42.1 Å². The average molecular weight is 299 g/mol. The number of nitrogen functional groups attached to an aromatic ring is 1. The van der Waals surface area contributed by atoms with E-state index in [-0.39, 0.29) is 0 Å². The number of pyridine rings is 1. The normalized spacial score (nSPS) is 15.7. The van der Waals surface area contributed by atoms with Crippen LogP contribution in [0.3, 0.4) is 0 Å². The molecule has 1 aliphatic heterocycles. The van der Waals surface area contributed by atoms with Crippen LogP contribution in [0.4, 0.5) is 5.69 Å². The number of ether oxygens (including phenoxy) is 2. The van der Waals surface area contributed by atoms with Crippen LogP contribution in [0.25, 0.3) is 11.3 Å². The Morgan fingerprint density at radius 2 is 2.09 bits per heavy atom. The Balaban J connectivity index is 1.86. The molecule has 1 aliphatic rings. The third-order valence-electron chi connectivity index (χ3n) is 3.85. The molecule has 1 fully saturated rings. The molecule has 116 valence electrons. The van der Waals surface area contributed by atoms with Gasteiger partial charge in [-0.25, -0.2) is 0 Å². The number of methoxy groups -OCH3 is 1. The number of benzene rings is 1. The summed E-state index contributed by atoms with van der Waals surface area (Å²) in [7, 11) is 1.62. The Hall–Kier alpha value is -2.11. The highest BCUT2D eigenvalue weighted by molar-refractivity contribution is 5.73. The second-order valence-corrected chi connectivity index (χ2v) is 5.37. The smallest absolute Gasteiger partial charge is 0.167 e. The zero-order valence-electron chi connectivity index (χ0n) is 12.8. The van der Waals surface area contributed by atoms with E-state index in [4.69, 9.17) is 15.2 Å². The summed E-state index contributed by atoms with van der Waals surface area (Å²) in [6, 6.07) is 10.1. The molecule has 1 aromatic carbocycles. The first-order valence-corrected chi connectivity index (χ1v) is 7.46. The van der Waals surface area contributed by atoms with Gasteiger partial charge in [0, 0.05) is 31.4 Å². The summed E-state index contributed by atoms with van der Waals surface area (Å²) in [5.41, 5.74) is 9.63. The topological polar surface area (TPSA) is 60.6 Å². The van der Waals surface area contributed by atoms with Gasteiger partial charge >= 0.3 is 0 Å². The monoisotopic (exact) mass is 299 g/mol. The third kappa shape index (κ3) is 3.21. The fraction of sp³-hybridized carbons (Fsp3) is 0.353. The van der Waals surface area contributed by atoms with Crippen molar-refractivity contribution >= 4 is 5.69 Å². The number of aromatic nitrogens is 1. The molecule has 0 aliphatic carbocycles. The summed E-state index contributed by atoms with van der Waals surface area (Å²) in [5, 5.41) is 0. The van der Waals surface area contributed by atoms with Crippen molar-refractivity contribution in [1.82, 2.24) is 9.88 Å². The van der Waals surface area contributed by atoms with E-state index >= 15 is 0 Å². The average Bonchev–Trinajstić information content (AvgIpc) is 2.56. The number of anilines is 1. The van der Waals surface area contributed by atoms with Gasteiger partial charge < -0.3 is 15.2 Å². The van der Waals surface area contributed by atoms with Gasteiger partial charge in [-0.2, -0.15) is 0 Å². The molecule has 0 atom stereocenters. The molecule has 2 N–H and O–H groups in total. The molecule has 0 spiro atoms. The van der Waals surface area contributed by atoms with Crippen LogP contribution in [0.15, 0.2) is 36.5 Å². The Labute approximate surface area is 130 Å². The summed E-state index contributed by atoms with van der Waals surface area (Å²) in [6.45, 7) is 4.49. The fourth-order valence-electron chi connectivity index (χ4n) is 2.72. The molecule has 3 rings (SSSR count). The Bertz CT molecular complexity index is 640. The van der Waals surface area contributed by atoms with Crippen molar-refractivity contribution in [2.75, 3.05) is 39.1 Å². The van der Waals surface area contributed by atoms with Crippen molar-refractivity contribution in [3.8, 4) is 17.0 Å². The van der Waals surface area contributed by atoms with Crippen LogP contribution in [-0.2, 0) is 11.3 Å². The van der Waals surface area contributed by atoms with Crippen LogP contribution in [-0.4, -0.2) is 43.3 Å². The molecule has 1 saturated heterocycles. The van der Waals surface area contributed by atoms with E-state index in [0.29, 0.717) is 11.4 Å². The van der Waals surface area contributed by atoms with Crippen molar-refractivity contribution in [1.29, 1.82) is 0 Å². The lowest BCUT2D eigenvalue weighted by atomic mass is 10.1. The summed E-state index contributed by atoms with van der Waals surface area (Å²) in [6.07, 6.45) is 1.71. The number of nitrogens with two attached hydrogens (primary N) is 1. The quantitative estimate of drug-likeness (QED) is 0.937. The number of hydrogen-bond acceptors (Lipinski definition) is 5. The summed E-state index contributed by atoms with van der Waals surface area (Å²) in [5.74, 6) is 0.631. The Kier molecular flexibility index (Phi) is 4.56. The number of rotatable bonds is 4. The molecule has 0 unspecified atom stereocenters. The van der Waals surface area contributed by atoms with Crippen molar-refractivity contribution in [2.24, 2.45) is 0 Å². The predicted molar refractivity (Wildman–Crippen MR) is 86.7 cm³/mol. The van der Waals surface area contributed by atoms with Crippen molar-refractivity contribution in [3.63, 3.8) is 0 Å². The summed E-state index contributed by atoms with van der Waals surface area (Å²) in [4.78, 5) is 6.83. The first-order chi connectivity index (χ1) is 10.8. The second kappa shape index (κ2) is 6.77. The number of nitrogens with zero attached hydrogens (tertiary/aromatic N) is 2. The minimum atomic E-state index is 0.603. The van der Waals surface area contributed by atoms with E-state index in [1.165, 1.54) is 5.56 Å². The Morgan fingerprint density at radius 3 is 2.86 bits per heavy atom. The van der Waals surface area contributed by atoms with Crippen LogP contribution >= 0.6 is 0 Å². The summed E-state index contributed by atoms with van der Waals surface area (Å²) >= 11 is 0. The minimum Gasteiger partial charge on any atom is -0.492 e. The van der Waals surface area contributed by atoms with Gasteiger partial charge in [0.25, 0.3) is 0 Å². The van der Waals surface area contributed by atoms with Crippen LogP contribution in [0.2, 0.25) is 0 Å². The molecule has 2 aromatic rings. The SMILES string of the molecule is COc1c(N)ccnc1-c1cccc(CN2CCOCC2)c1. The van der Waals surface area contributed by atoms with Gasteiger partial charge in [-0.3, -0.25) is 9.88 Å². The van der Waals surface area contributed by atoms with Gasteiger partial charge in [0.15, 0.2) is 5.75 Å². The second-order valence-electron chi connectivity index (χ2n) is 5.37. The lowest BCUT2D eigenvalue weighted by molar-refractivity contribution is 0.0342. The van der Waals surface area contributed by atoms with E-state index in [0.717, 1.165) is 44.1 Å². The van der Waals surface area contributed by atoms with Crippen molar-refractivity contribution in [2.45, 2.75) is 6.54 Å². The van der Waals surface area contributed by atoms with Gasteiger partial charge in [0.05, 0.1) is 26.0 Å². The summed E-state index contributed by atoms with van der Waals surface area (Å²) < 4.78 is 10.8. The highest BCUT2D eigenvalue weighted by Crippen LogP contribution is 2.32. The number of morpholine rings is 1. The van der Waals surface area contributed by atoms with Crippen LogP contribution in [0.5, 0.6) is 5.75 Å². The maximum Gasteiger partial charge on any atom is 0.167 e. The maximum absolute atomic E-state index is 5.97. The first kappa shape index (κ1) is 14.8. The van der Waals surface area contributed by atoms with E-state index in [2.05, 4.69) is 28.1 Å². The fourth-order valence-corrected chi connectivity index (χ4v) is 2.72. The molecule has 5 heteroatoms. The van der Waals surface area contributed by atoms with Gasteiger partial charge in [-0.1, -0.05) is 18.2 Å². The van der Waals surface area contributed by atoms with E-state index in [1.807, 2.05) is 6.07 Å². The predicted octanol–water partition coefficient (Wildman–Crippen LogP) is 2.17. The van der Waals surface area contributed by atoms with Gasteiger partial charge in [0.1, 0.15) is 5.69 Å². The third-order valence-corrected chi connectivity index (χ3v) is 3.85. The molecule has 0 bridgehead atoms. The van der Waals surface area contributed by atoms with Gasteiger partial charge in [-0.15, -0.1) is 0 Å². The molecular weight excluding hydrogens is 278 g/mol.